The average Bonchev–Trinajstić information content (AvgIpc) is 3.65. The predicted molar refractivity (Wildman–Crippen MR) is 147 cm³/mol. The van der Waals surface area contributed by atoms with E-state index >= 15 is 0 Å². The fourth-order valence-electron chi connectivity index (χ4n) is 6.85. The molecule has 2 bridgehead atoms. The Balaban J connectivity index is 1.32. The first-order valence-corrected chi connectivity index (χ1v) is 14.6. The number of nitrogens with one attached hydrogen (secondary N) is 2. The van der Waals surface area contributed by atoms with Gasteiger partial charge in [0.05, 0.1) is 24.5 Å². The number of carbonyl (C=O) groups is 3. The maximum atomic E-state index is 14.1. The number of fused-ring (bicyclic) bond motifs is 1. The summed E-state index contributed by atoms with van der Waals surface area (Å²) in [4.78, 5) is 44.3. The van der Waals surface area contributed by atoms with Crippen molar-refractivity contribution in [3.63, 3.8) is 0 Å². The van der Waals surface area contributed by atoms with E-state index in [4.69, 9.17) is 16.3 Å². The van der Waals surface area contributed by atoms with E-state index in [1.807, 2.05) is 29.7 Å². The molecule has 200 valence electrons. The minimum atomic E-state index is -1.18. The monoisotopic (exact) mass is 553 g/mol. The zero-order chi connectivity index (χ0) is 26.6. The quantitative estimate of drug-likeness (QED) is 0.511. The third kappa shape index (κ3) is 4.17. The topological polar surface area (TPSA) is 87.7 Å². The molecule has 1 spiro atoms. The third-order valence-corrected chi connectivity index (χ3v) is 10.1. The zero-order valence-electron chi connectivity index (χ0n) is 21.4. The van der Waals surface area contributed by atoms with E-state index in [9.17, 15) is 14.4 Å². The lowest BCUT2D eigenvalue weighted by atomic mass is 9.73. The van der Waals surface area contributed by atoms with Crippen molar-refractivity contribution < 1.29 is 19.1 Å². The van der Waals surface area contributed by atoms with Crippen LogP contribution < -0.4 is 10.6 Å². The summed E-state index contributed by atoms with van der Waals surface area (Å²) in [6.45, 7) is 4.72. The average molecular weight is 554 g/mol. The number of carbonyl (C=O) groups excluding carboxylic acids is 3. The molecule has 2 saturated heterocycles. The van der Waals surface area contributed by atoms with E-state index in [1.165, 1.54) is 0 Å². The van der Waals surface area contributed by atoms with Gasteiger partial charge >= 0.3 is 0 Å². The van der Waals surface area contributed by atoms with E-state index in [2.05, 4.69) is 24.5 Å². The van der Waals surface area contributed by atoms with Crippen LogP contribution in [0, 0.1) is 23.7 Å². The van der Waals surface area contributed by atoms with Crippen molar-refractivity contribution in [2.24, 2.45) is 23.7 Å². The smallest absolute Gasteiger partial charge is 0.246 e. The Labute approximate surface area is 231 Å². The van der Waals surface area contributed by atoms with Gasteiger partial charge in [-0.3, -0.25) is 14.4 Å². The summed E-state index contributed by atoms with van der Waals surface area (Å²) in [5.74, 6) is -1.40. The Kier molecular flexibility index (Phi) is 6.61. The summed E-state index contributed by atoms with van der Waals surface area (Å²) in [6.07, 6.45) is 6.26. The van der Waals surface area contributed by atoms with Gasteiger partial charge in [0, 0.05) is 21.6 Å². The number of likely N-dealkylation sites (tertiary alicyclic amines) is 1. The summed E-state index contributed by atoms with van der Waals surface area (Å²) in [5, 5.41) is 8.67. The highest BCUT2D eigenvalue weighted by Gasteiger charge is 2.72. The Morgan fingerprint density at radius 2 is 2.03 bits per heavy atom. The van der Waals surface area contributed by atoms with Crippen LogP contribution in [-0.4, -0.2) is 46.4 Å². The van der Waals surface area contributed by atoms with Crippen molar-refractivity contribution in [2.75, 3.05) is 5.32 Å². The molecule has 1 aromatic heterocycles. The normalized spacial score (nSPS) is 35.4. The van der Waals surface area contributed by atoms with Crippen LogP contribution in [0.3, 0.4) is 0 Å². The number of ether oxygens (including phenoxy) is 1. The van der Waals surface area contributed by atoms with Crippen LogP contribution in [0.15, 0.2) is 53.9 Å². The molecule has 3 amide bonds. The number of anilines is 1. The molecule has 8 atom stereocenters. The molecular formula is C29H32ClN3O4S. The summed E-state index contributed by atoms with van der Waals surface area (Å²) in [7, 11) is 0. The van der Waals surface area contributed by atoms with Gasteiger partial charge in [0.1, 0.15) is 11.6 Å². The van der Waals surface area contributed by atoms with E-state index < -0.39 is 29.6 Å². The molecule has 7 nitrogen and oxygen atoms in total. The molecular weight excluding hydrogens is 522 g/mol. The summed E-state index contributed by atoms with van der Waals surface area (Å²) in [5.41, 5.74) is -0.623. The van der Waals surface area contributed by atoms with Crippen LogP contribution in [0.25, 0.3) is 0 Å². The molecule has 4 aliphatic rings. The van der Waals surface area contributed by atoms with E-state index in [0.29, 0.717) is 29.1 Å². The Bertz CT molecular complexity index is 1280. The van der Waals surface area contributed by atoms with Gasteiger partial charge in [-0.1, -0.05) is 62.6 Å². The molecule has 0 unspecified atom stereocenters. The SMILES string of the molecule is C[C@H]1[C@H](C)CCC[C@@H]1NC(=O)[C@@H]1N(Cc2cccs2)C(=O)[C@@H]2[C@@H](C(=O)Nc3cccc(Cl)c3)[C@@H]3C=C[C@]21O3. The maximum absolute atomic E-state index is 14.1. The molecule has 1 aromatic carbocycles. The molecule has 38 heavy (non-hydrogen) atoms. The molecule has 9 heteroatoms. The summed E-state index contributed by atoms with van der Waals surface area (Å²) in [6, 6.07) is 10.0. The van der Waals surface area contributed by atoms with Crippen molar-refractivity contribution in [2.45, 2.75) is 63.4 Å². The van der Waals surface area contributed by atoms with E-state index in [1.54, 1.807) is 40.5 Å². The molecule has 1 aliphatic carbocycles. The van der Waals surface area contributed by atoms with Crippen LogP contribution in [0.5, 0.6) is 0 Å². The summed E-state index contributed by atoms with van der Waals surface area (Å²) < 4.78 is 6.45. The highest BCUT2D eigenvalue weighted by Crippen LogP contribution is 2.55. The highest BCUT2D eigenvalue weighted by molar-refractivity contribution is 7.09. The fourth-order valence-corrected chi connectivity index (χ4v) is 7.74. The molecule has 2 aromatic rings. The van der Waals surface area contributed by atoms with Gasteiger partial charge in [0.25, 0.3) is 0 Å². The second-order valence-electron chi connectivity index (χ2n) is 11.1. The predicted octanol–water partition coefficient (Wildman–Crippen LogP) is 4.63. The van der Waals surface area contributed by atoms with Crippen LogP contribution in [0.4, 0.5) is 5.69 Å². The van der Waals surface area contributed by atoms with Crippen LogP contribution in [0.2, 0.25) is 5.02 Å². The number of halogens is 1. The van der Waals surface area contributed by atoms with E-state index in [0.717, 1.165) is 24.1 Å². The lowest BCUT2D eigenvalue weighted by molar-refractivity contribution is -0.142. The highest BCUT2D eigenvalue weighted by atomic mass is 35.5. The number of rotatable bonds is 6. The maximum Gasteiger partial charge on any atom is 0.246 e. The Hall–Kier alpha value is -2.68. The van der Waals surface area contributed by atoms with Crippen molar-refractivity contribution in [3.05, 3.63) is 63.8 Å². The number of benzene rings is 1. The first kappa shape index (κ1) is 25.6. The number of hydrogen-bond acceptors (Lipinski definition) is 5. The minimum absolute atomic E-state index is 0.0462. The zero-order valence-corrected chi connectivity index (χ0v) is 23.0. The largest absolute Gasteiger partial charge is 0.359 e. The van der Waals surface area contributed by atoms with Crippen LogP contribution in [-0.2, 0) is 25.7 Å². The van der Waals surface area contributed by atoms with Crippen molar-refractivity contribution in [3.8, 4) is 0 Å². The Morgan fingerprint density at radius 3 is 2.79 bits per heavy atom. The second-order valence-corrected chi connectivity index (χ2v) is 12.6. The van der Waals surface area contributed by atoms with Gasteiger partial charge in [-0.25, -0.2) is 0 Å². The van der Waals surface area contributed by atoms with Crippen LogP contribution in [0.1, 0.15) is 38.0 Å². The summed E-state index contributed by atoms with van der Waals surface area (Å²) >= 11 is 7.65. The fraction of sp³-hybridized carbons (Fsp3) is 0.483. The Morgan fingerprint density at radius 1 is 1.18 bits per heavy atom. The van der Waals surface area contributed by atoms with Gasteiger partial charge in [0.15, 0.2) is 0 Å². The lowest BCUT2D eigenvalue weighted by Gasteiger charge is -2.38. The standard InChI is InChI=1S/C29H32ClN3O4S/c1-16-6-3-10-21(17(16)2)32-27(35)25-29-12-11-22(37-29)23(26(34)31-19-8-4-7-18(30)14-19)24(29)28(36)33(25)15-20-9-5-13-38-20/h4-5,7-9,11-14,16-17,21-25H,3,6,10,15H2,1-2H3,(H,31,34)(H,32,35)/t16-,17+,21+,22+,23+,24+,25+,29+/m1/s1. The second kappa shape index (κ2) is 9.81. The van der Waals surface area contributed by atoms with Crippen molar-refractivity contribution in [1.29, 1.82) is 0 Å². The minimum Gasteiger partial charge on any atom is -0.359 e. The van der Waals surface area contributed by atoms with Crippen molar-refractivity contribution >= 4 is 46.3 Å². The van der Waals surface area contributed by atoms with Gasteiger partial charge in [-0.15, -0.1) is 11.3 Å². The lowest BCUT2D eigenvalue weighted by Crippen LogP contribution is -2.57. The molecule has 4 heterocycles. The first-order chi connectivity index (χ1) is 18.3. The molecule has 2 N–H and O–H groups in total. The van der Waals surface area contributed by atoms with Crippen LogP contribution >= 0.6 is 22.9 Å². The molecule has 0 radical (unpaired) electrons. The first-order valence-electron chi connectivity index (χ1n) is 13.4. The number of hydrogen-bond donors (Lipinski definition) is 2. The van der Waals surface area contributed by atoms with Crippen molar-refractivity contribution in [1.82, 2.24) is 10.2 Å². The molecule has 3 aliphatic heterocycles. The molecule has 3 fully saturated rings. The number of nitrogens with zero attached hydrogens (tertiary/aromatic N) is 1. The number of amides is 3. The molecule has 6 rings (SSSR count). The van der Waals surface area contributed by atoms with Gasteiger partial charge < -0.3 is 20.3 Å². The van der Waals surface area contributed by atoms with E-state index in [-0.39, 0.29) is 23.8 Å². The third-order valence-electron chi connectivity index (χ3n) is 8.96. The van der Waals surface area contributed by atoms with Gasteiger partial charge in [0.2, 0.25) is 17.7 Å². The number of thiophene rings is 1. The molecule has 1 saturated carbocycles. The van der Waals surface area contributed by atoms with Gasteiger partial charge in [-0.05, 0) is 47.9 Å². The van der Waals surface area contributed by atoms with Gasteiger partial charge in [-0.2, -0.15) is 0 Å².